The van der Waals surface area contributed by atoms with Crippen LogP contribution < -0.4 is 10.6 Å². The minimum atomic E-state index is -1.14. The summed E-state index contributed by atoms with van der Waals surface area (Å²) in [6, 6.07) is 8.00. The highest BCUT2D eigenvalue weighted by Gasteiger charge is 2.76. The van der Waals surface area contributed by atoms with E-state index in [4.69, 9.17) is 9.47 Å². The second-order valence-corrected chi connectivity index (χ2v) is 11.5. The zero-order valence-corrected chi connectivity index (χ0v) is 22.6. The number of fused-ring (bicyclic) bond motifs is 1. The van der Waals surface area contributed by atoms with Gasteiger partial charge >= 0.3 is 0 Å². The Hall–Kier alpha value is -2.05. The van der Waals surface area contributed by atoms with Gasteiger partial charge in [-0.2, -0.15) is 0 Å². The van der Waals surface area contributed by atoms with Gasteiger partial charge in [0.15, 0.2) is 0 Å². The van der Waals surface area contributed by atoms with Gasteiger partial charge in [0.2, 0.25) is 17.7 Å². The van der Waals surface area contributed by atoms with E-state index in [1.54, 1.807) is 7.05 Å². The molecule has 1 aromatic carbocycles. The summed E-state index contributed by atoms with van der Waals surface area (Å²) in [4.78, 5) is 44.5. The van der Waals surface area contributed by atoms with Gasteiger partial charge < -0.3 is 30.1 Å². The first-order chi connectivity index (χ1) is 17.9. The number of nitrogens with one attached hydrogen (secondary N) is 2. The number of alkyl halides is 1. The molecule has 0 aromatic heterocycles. The number of morpholine rings is 1. The maximum absolute atomic E-state index is 14.1. The zero-order valence-electron chi connectivity index (χ0n) is 21.0. The first-order valence-electron chi connectivity index (χ1n) is 13.0. The number of hydrogen-bond acceptors (Lipinski definition) is 7. The molecule has 0 radical (unpaired) electrons. The molecule has 7 atom stereocenters. The summed E-state index contributed by atoms with van der Waals surface area (Å²) in [5, 5.41) is 16.2. The number of aliphatic hydroxyl groups excluding tert-OH is 1. The molecule has 3 N–H and O–H groups in total. The van der Waals surface area contributed by atoms with Crippen molar-refractivity contribution in [1.29, 1.82) is 0 Å². The van der Waals surface area contributed by atoms with Crippen molar-refractivity contribution in [3.8, 4) is 0 Å². The Bertz CT molecular complexity index is 1010. The zero-order chi connectivity index (χ0) is 26.2. The van der Waals surface area contributed by atoms with Crippen molar-refractivity contribution >= 4 is 33.7 Å². The number of nitrogens with zero attached hydrogens (tertiary/aromatic N) is 2. The van der Waals surface area contributed by atoms with Crippen molar-refractivity contribution in [2.45, 2.75) is 41.5 Å². The van der Waals surface area contributed by atoms with Gasteiger partial charge in [-0.3, -0.25) is 19.3 Å². The fraction of sp³-hybridized carbons (Fsp3) is 0.654. The second-order valence-electron chi connectivity index (χ2n) is 10.3. The third-order valence-electron chi connectivity index (χ3n) is 8.27. The minimum Gasteiger partial charge on any atom is -0.394 e. The van der Waals surface area contributed by atoms with Gasteiger partial charge in [0, 0.05) is 38.1 Å². The highest BCUT2D eigenvalue weighted by molar-refractivity contribution is 9.09. The highest BCUT2D eigenvalue weighted by atomic mass is 79.9. The van der Waals surface area contributed by atoms with E-state index in [0.717, 1.165) is 18.7 Å². The van der Waals surface area contributed by atoms with Crippen LogP contribution in [0.5, 0.6) is 0 Å². The van der Waals surface area contributed by atoms with E-state index in [9.17, 15) is 19.5 Å². The van der Waals surface area contributed by atoms with E-state index in [2.05, 4.69) is 31.5 Å². The maximum atomic E-state index is 14.1. The maximum Gasteiger partial charge on any atom is 0.245 e. The van der Waals surface area contributed by atoms with Crippen molar-refractivity contribution in [2.75, 3.05) is 53.0 Å². The number of benzene rings is 1. The topological polar surface area (TPSA) is 120 Å². The molecule has 1 aromatic rings. The monoisotopic (exact) mass is 578 g/mol. The predicted molar refractivity (Wildman–Crippen MR) is 138 cm³/mol. The number of amides is 3. The lowest BCUT2D eigenvalue weighted by atomic mass is 9.70. The Balaban J connectivity index is 1.44. The first kappa shape index (κ1) is 26.6. The Morgan fingerprint density at radius 1 is 1.22 bits per heavy atom. The van der Waals surface area contributed by atoms with Crippen LogP contribution in [0.2, 0.25) is 0 Å². The lowest BCUT2D eigenvalue weighted by Gasteiger charge is -2.37. The van der Waals surface area contributed by atoms with E-state index in [-0.39, 0.29) is 29.2 Å². The Labute approximate surface area is 225 Å². The average molecular weight is 579 g/mol. The normalized spacial score (nSPS) is 33.9. The van der Waals surface area contributed by atoms with Crippen LogP contribution in [0, 0.1) is 11.8 Å². The van der Waals surface area contributed by atoms with Gasteiger partial charge in [-0.05, 0) is 18.4 Å². The summed E-state index contributed by atoms with van der Waals surface area (Å²) in [7, 11) is 1.54. The van der Waals surface area contributed by atoms with Crippen molar-refractivity contribution in [3.05, 3.63) is 35.9 Å². The third-order valence-corrected chi connectivity index (χ3v) is 9.12. The van der Waals surface area contributed by atoms with Gasteiger partial charge in [0.25, 0.3) is 0 Å². The molecular weight excluding hydrogens is 544 g/mol. The predicted octanol–water partition coefficient (Wildman–Crippen LogP) is -0.468. The van der Waals surface area contributed by atoms with Crippen LogP contribution in [0.1, 0.15) is 12.0 Å². The van der Waals surface area contributed by atoms with Gasteiger partial charge in [-0.25, -0.2) is 0 Å². The van der Waals surface area contributed by atoms with Crippen molar-refractivity contribution in [1.82, 2.24) is 20.4 Å². The largest absolute Gasteiger partial charge is 0.394 e. The van der Waals surface area contributed by atoms with Crippen LogP contribution >= 0.6 is 15.9 Å². The molecule has 3 amide bonds. The summed E-state index contributed by atoms with van der Waals surface area (Å²) in [5.74, 6) is -2.38. The number of rotatable bonds is 9. The number of ether oxygens (including phenoxy) is 2. The number of aliphatic hydroxyl groups is 1. The van der Waals surface area contributed by atoms with Crippen LogP contribution in [0.3, 0.4) is 0 Å². The molecular formula is C26H35BrN4O6. The Morgan fingerprint density at radius 2 is 1.95 bits per heavy atom. The van der Waals surface area contributed by atoms with Gasteiger partial charge in [-0.15, -0.1) is 0 Å². The fourth-order valence-corrected chi connectivity index (χ4v) is 7.57. The molecule has 3 unspecified atom stereocenters. The molecule has 1 spiro atoms. The summed E-state index contributed by atoms with van der Waals surface area (Å²) < 4.78 is 11.9. The van der Waals surface area contributed by atoms with Crippen molar-refractivity contribution in [3.63, 3.8) is 0 Å². The summed E-state index contributed by atoms with van der Waals surface area (Å²) in [6.45, 7) is 3.74. The van der Waals surface area contributed by atoms with E-state index >= 15 is 0 Å². The highest BCUT2D eigenvalue weighted by Crippen LogP contribution is 2.60. The molecule has 0 saturated carbocycles. The molecule has 5 rings (SSSR count). The molecule has 4 saturated heterocycles. The second kappa shape index (κ2) is 11.0. The van der Waals surface area contributed by atoms with E-state index < -0.39 is 35.6 Å². The Morgan fingerprint density at radius 3 is 2.62 bits per heavy atom. The Kier molecular flexibility index (Phi) is 7.88. The van der Waals surface area contributed by atoms with Crippen LogP contribution in [0.25, 0.3) is 0 Å². The summed E-state index contributed by atoms with van der Waals surface area (Å²) in [5.41, 5.74) is -0.193. The number of carbonyl (C=O) groups is 3. The number of likely N-dealkylation sites (tertiary alicyclic amines) is 1. The number of hydrogen-bond donors (Lipinski definition) is 3. The minimum absolute atomic E-state index is 0.163. The number of carbonyl (C=O) groups excluding carboxylic acids is 3. The molecule has 4 aliphatic rings. The average Bonchev–Trinajstić information content (AvgIpc) is 3.51. The van der Waals surface area contributed by atoms with Crippen LogP contribution in [0.4, 0.5) is 0 Å². The van der Waals surface area contributed by atoms with Crippen LogP contribution in [-0.4, -0.2) is 114 Å². The molecule has 37 heavy (non-hydrogen) atoms. The lowest BCUT2D eigenvalue weighted by Crippen LogP contribution is -2.59. The van der Waals surface area contributed by atoms with Gasteiger partial charge in [0.05, 0.1) is 43.8 Å². The van der Waals surface area contributed by atoms with Crippen molar-refractivity contribution < 1.29 is 29.0 Å². The standard InChI is InChI=1S/C26H35BrN4O6/c1-28-23(33)19-20-25(35)31(17(15-32)13-16-5-3-2-4-6-16)22(26(20)14-18(27)21(19)37-26)24(34)29-7-8-30-9-11-36-12-10-30/h2-6,17-22,32H,7-15H2,1H3,(H,28,33)(H,29,34)/t17-,18?,19-,20+,21-,22?,26?/m1/s1. The molecule has 11 heteroatoms. The van der Waals surface area contributed by atoms with Gasteiger partial charge in [-0.1, -0.05) is 46.3 Å². The molecule has 4 heterocycles. The molecule has 4 fully saturated rings. The van der Waals surface area contributed by atoms with Crippen molar-refractivity contribution in [2.24, 2.45) is 11.8 Å². The molecule has 0 aliphatic carbocycles. The SMILES string of the molecule is CNC(=O)[C@H]1[C@@H]2OC3(CC2Br)C(C(=O)NCCN2CCOCC2)N([C@@H](CO)Cc2ccccc2)C(=O)[C@H]13. The molecule has 10 nitrogen and oxygen atoms in total. The number of halogens is 1. The smallest absolute Gasteiger partial charge is 0.245 e. The van der Waals surface area contributed by atoms with Crippen LogP contribution in [0.15, 0.2) is 30.3 Å². The lowest BCUT2D eigenvalue weighted by molar-refractivity contribution is -0.145. The molecule has 4 aliphatic heterocycles. The fourth-order valence-electron chi connectivity index (χ4n) is 6.62. The van der Waals surface area contributed by atoms with E-state index in [0.29, 0.717) is 39.1 Å². The first-order valence-corrected chi connectivity index (χ1v) is 13.9. The summed E-state index contributed by atoms with van der Waals surface area (Å²) >= 11 is 3.66. The van der Waals surface area contributed by atoms with Gasteiger partial charge in [0.1, 0.15) is 11.6 Å². The van der Waals surface area contributed by atoms with E-state index in [1.165, 1.54) is 4.90 Å². The molecule has 2 bridgehead atoms. The summed E-state index contributed by atoms with van der Waals surface area (Å²) in [6.07, 6.45) is 0.319. The third kappa shape index (κ3) is 4.69. The molecule has 202 valence electrons. The quantitative estimate of drug-likeness (QED) is 0.339. The van der Waals surface area contributed by atoms with Crippen LogP contribution in [-0.2, 0) is 30.3 Å². The van der Waals surface area contributed by atoms with E-state index in [1.807, 2.05) is 30.3 Å².